The van der Waals surface area contributed by atoms with E-state index in [2.05, 4.69) is 116 Å². The van der Waals surface area contributed by atoms with E-state index in [1.54, 1.807) is 12.1 Å². The molecule has 444 valence electrons. The predicted octanol–water partition coefficient (Wildman–Crippen LogP) is 19.4. The Labute approximate surface area is 541 Å². The third kappa shape index (κ3) is 10.1. The van der Waals surface area contributed by atoms with E-state index in [-0.39, 0.29) is 65.1 Å². The molecule has 0 saturated carbocycles. The zero-order valence-corrected chi connectivity index (χ0v) is 53.8. The van der Waals surface area contributed by atoms with E-state index in [0.29, 0.717) is 16.9 Å². The highest BCUT2D eigenvalue weighted by atomic mass is 127. The highest BCUT2D eigenvalue weighted by Crippen LogP contribution is 2.56. The van der Waals surface area contributed by atoms with Crippen LogP contribution in [-0.2, 0) is 13.7 Å². The summed E-state index contributed by atoms with van der Waals surface area (Å²) >= 11 is 4.77. The van der Waals surface area contributed by atoms with Crippen LogP contribution in [0.5, 0.6) is 23.0 Å². The van der Waals surface area contributed by atoms with Crippen molar-refractivity contribution in [2.75, 3.05) is 0 Å². The second-order valence-corrected chi connectivity index (χ2v) is 31.0. The molecule has 0 radical (unpaired) electrons. The Hall–Kier alpha value is -8.76. The fourth-order valence-electron chi connectivity index (χ4n) is 12.2. The quantitative estimate of drug-likeness (QED) is 0.0754. The summed E-state index contributed by atoms with van der Waals surface area (Å²) in [6.45, 7) is 0. The number of hydrogen-bond donors (Lipinski definition) is 0. The van der Waals surface area contributed by atoms with Crippen molar-refractivity contribution in [2.45, 2.75) is 0 Å². The largest absolute Gasteiger partial charge is 0.456 e. The molecule has 2 aliphatic rings. The van der Waals surface area contributed by atoms with Crippen LogP contribution in [0.25, 0.3) is 76.4 Å². The average molecular weight is 1490 g/mol. The molecule has 0 saturated heterocycles. The molecule has 12 aromatic carbocycles. The fraction of sp³-hybridized carbons (Fsp3) is 0. The Bertz CT molecular complexity index is 5320. The molecular weight excluding hydrogens is 1450 g/mol. The molecule has 17 rings (SSSR count). The lowest BCUT2D eigenvalue weighted by atomic mass is 10.2. The van der Waals surface area contributed by atoms with E-state index in [1.165, 1.54) is 113 Å². The minimum absolute atomic E-state index is 0.0240. The number of fused-ring (bicyclic) bond motifs is 12. The fourth-order valence-corrected chi connectivity index (χ4v) is 21.4. The van der Waals surface area contributed by atoms with Crippen LogP contribution in [0.15, 0.2) is 247 Å². The predicted molar refractivity (Wildman–Crippen MR) is 367 cm³/mol. The monoisotopic (exact) mass is 1490 g/mol. The van der Waals surface area contributed by atoms with Crippen molar-refractivity contribution in [3.8, 4) is 34.4 Å². The number of rotatable bonds is 4. The molecule has 15 aromatic rings. The number of para-hydroxylation sites is 4. The SMILES string of the molecule is Ic1cc(I)cc(-n2c3ccccc3c3ccccc32)c1.O=P1(c2cc(-n3c4ccccc4c4ccccc43)cc(P3(=O)c4cc(F)ccc4Oc4ccc(F)cc43)c2)c2cc(F)ccc2Oc2ccc(F)cc21.O=[p+]1c2cc(F)ccc2oc2ccc(F)cc21. The molecule has 0 fully saturated rings. The Kier molecular flexibility index (Phi) is 14.7. The minimum atomic E-state index is -4.26. The first-order valence-corrected chi connectivity index (χ1v) is 34.9. The summed E-state index contributed by atoms with van der Waals surface area (Å²) in [4.78, 5) is 0. The van der Waals surface area contributed by atoms with Crippen molar-refractivity contribution < 1.29 is 53.9 Å². The maximum Gasteiger partial charge on any atom is 0.423 e. The lowest BCUT2D eigenvalue weighted by molar-refractivity contribution is 0.481. The van der Waals surface area contributed by atoms with Gasteiger partial charge in [-0.25, -0.2) is 26.3 Å². The number of halogens is 8. The number of ether oxygens (including phenoxy) is 2. The van der Waals surface area contributed by atoms with E-state index in [1.807, 2.05) is 53.1 Å². The first kappa shape index (κ1) is 58.6. The second-order valence-electron chi connectivity index (χ2n) is 21.6. The van der Waals surface area contributed by atoms with Gasteiger partial charge in [-0.3, -0.25) is 0 Å². The maximum atomic E-state index is 16.1. The number of hydrogen-bond acceptors (Lipinski definition) is 6. The summed E-state index contributed by atoms with van der Waals surface area (Å²) in [7, 11) is -10.5. The van der Waals surface area contributed by atoms with E-state index in [0.717, 1.165) is 58.2 Å². The lowest BCUT2D eigenvalue weighted by Crippen LogP contribution is -2.35. The molecule has 0 N–H and O–H groups in total. The van der Waals surface area contributed by atoms with E-state index in [9.17, 15) is 13.3 Å². The van der Waals surface area contributed by atoms with Gasteiger partial charge < -0.3 is 32.2 Å². The molecule has 0 bridgehead atoms. The van der Waals surface area contributed by atoms with Crippen LogP contribution < -0.4 is 41.3 Å². The zero-order valence-electron chi connectivity index (χ0n) is 46.8. The van der Waals surface area contributed by atoms with Gasteiger partial charge in [0.05, 0.1) is 43.3 Å². The van der Waals surface area contributed by atoms with Gasteiger partial charge in [-0.2, -0.15) is 0 Å². The first-order valence-electron chi connectivity index (χ1n) is 28.1. The summed E-state index contributed by atoms with van der Waals surface area (Å²) in [6.07, 6.45) is 0. The topological polar surface area (TPSA) is 92.7 Å². The molecule has 0 atom stereocenters. The molecule has 0 amide bonds. The second kappa shape index (κ2) is 22.9. The zero-order chi connectivity index (χ0) is 62.6. The molecular formula is C72H40F6I2N2O6P3+. The molecule has 19 heteroatoms. The Balaban J connectivity index is 0.000000146. The third-order valence-electron chi connectivity index (χ3n) is 16.1. The summed E-state index contributed by atoms with van der Waals surface area (Å²) in [5, 5.41) is 5.01. The van der Waals surface area contributed by atoms with Gasteiger partial charge in [0.2, 0.25) is 10.2 Å². The number of benzene rings is 12. The van der Waals surface area contributed by atoms with Crippen molar-refractivity contribution in [1.82, 2.24) is 9.13 Å². The molecule has 0 spiro atoms. The van der Waals surface area contributed by atoms with Gasteiger partial charge in [0, 0.05) is 62.8 Å². The van der Waals surface area contributed by atoms with Crippen LogP contribution in [0.4, 0.5) is 26.3 Å². The van der Waals surface area contributed by atoms with Crippen molar-refractivity contribution in [3.63, 3.8) is 0 Å². The van der Waals surface area contributed by atoms with Gasteiger partial charge in [0.15, 0.2) is 25.4 Å². The molecule has 8 nitrogen and oxygen atoms in total. The van der Waals surface area contributed by atoms with Crippen LogP contribution in [0, 0.1) is 42.0 Å². The Morgan fingerprint density at radius 2 is 0.637 bits per heavy atom. The van der Waals surface area contributed by atoms with Crippen molar-refractivity contribution in [1.29, 1.82) is 0 Å². The van der Waals surface area contributed by atoms with Gasteiger partial charge in [-0.05, 0) is 203 Å². The molecule has 3 aromatic heterocycles. The highest BCUT2D eigenvalue weighted by molar-refractivity contribution is 14.1. The summed E-state index contributed by atoms with van der Waals surface area (Å²) in [5.74, 6) is -3.34. The van der Waals surface area contributed by atoms with Crippen LogP contribution in [0.2, 0.25) is 0 Å². The molecule has 91 heavy (non-hydrogen) atoms. The number of aromatic nitrogens is 2. The maximum absolute atomic E-state index is 16.1. The third-order valence-corrected chi connectivity index (χ3v) is 25.0. The molecule has 0 aliphatic carbocycles. The summed E-state index contributed by atoms with van der Waals surface area (Å²) in [6, 6.07) is 66.2. The lowest BCUT2D eigenvalue weighted by Gasteiger charge is -2.32. The van der Waals surface area contributed by atoms with Crippen LogP contribution >= 0.6 is 66.9 Å². The normalized spacial score (nSPS) is 13.3. The summed E-state index contributed by atoms with van der Waals surface area (Å²) < 4.78 is 155. The van der Waals surface area contributed by atoms with Gasteiger partial charge >= 0.3 is 7.41 Å². The van der Waals surface area contributed by atoms with Gasteiger partial charge in [-0.1, -0.05) is 77.4 Å². The Morgan fingerprint density at radius 1 is 0.341 bits per heavy atom. The van der Waals surface area contributed by atoms with Crippen molar-refractivity contribution in [2.24, 2.45) is 0 Å². The van der Waals surface area contributed by atoms with Crippen LogP contribution in [-0.4, -0.2) is 9.13 Å². The number of nitrogens with zero attached hydrogens (tertiary/aromatic N) is 2. The van der Waals surface area contributed by atoms with Crippen LogP contribution in [0.3, 0.4) is 0 Å². The smallest absolute Gasteiger partial charge is 0.423 e. The first-order chi connectivity index (χ1) is 44.0. The van der Waals surface area contributed by atoms with E-state index in [4.69, 9.17) is 13.9 Å². The van der Waals surface area contributed by atoms with Gasteiger partial charge in [-0.15, -0.1) is 0 Å². The standard InChI is InChI=1S/C42H23F4NO4P2.C18H11I2N.C12H6F2O2P/c43-24-9-13-35-39(17-24)52(48,40-18-25(44)10-14-36(40)50-35)29-21-28(47-33-7-3-1-5-31(33)32-6-2-4-8-34(32)47)22-30(23-29)53(49)41-19-26(45)11-15-37(41)51-38-16-12-27(46)20-42(38)53;19-12-9-13(20)11-14(10-12)21-17-7-3-1-5-15(17)16-6-2-4-8-18(16)21;13-7-1-3-9-11(5-7)17(15)12-6-8(14)2-4-10(12)16-9/h1-23H;1-11H;1-6H/q;;+1. The van der Waals surface area contributed by atoms with E-state index >= 15 is 26.7 Å². The average Bonchev–Trinajstić information content (AvgIpc) is 1.58. The minimum Gasteiger partial charge on any atom is -0.456 e. The molecule has 5 heterocycles. The van der Waals surface area contributed by atoms with Gasteiger partial charge in [0.25, 0.3) is 0 Å². The van der Waals surface area contributed by atoms with Gasteiger partial charge in [0.1, 0.15) is 57.9 Å². The Morgan fingerprint density at radius 3 is 0.978 bits per heavy atom. The van der Waals surface area contributed by atoms with Crippen LogP contribution in [0.1, 0.15) is 0 Å². The van der Waals surface area contributed by atoms with E-state index < -0.39 is 56.6 Å². The van der Waals surface area contributed by atoms with Crippen molar-refractivity contribution >= 4 is 164 Å². The van der Waals surface area contributed by atoms with Crippen molar-refractivity contribution in [3.05, 3.63) is 285 Å². The molecule has 2 aliphatic heterocycles. The highest BCUT2D eigenvalue weighted by Gasteiger charge is 2.45. The summed E-state index contributed by atoms with van der Waals surface area (Å²) in [5.41, 5.74) is 6.39. The molecule has 0 unspecified atom stereocenters.